The number of hydrogen-bond donors (Lipinski definition) is 0. The number of carbonyl (C=O) groups is 1. The molecule has 4 rings (SSSR count). The molecule has 3 aromatic rings. The van der Waals surface area contributed by atoms with Gasteiger partial charge >= 0.3 is 0 Å². The lowest BCUT2D eigenvalue weighted by molar-refractivity contribution is 0.0745. The lowest BCUT2D eigenvalue weighted by Gasteiger charge is -2.35. The van der Waals surface area contributed by atoms with Crippen LogP contribution in [0.4, 0.5) is 5.82 Å². The Bertz CT molecular complexity index is 946. The van der Waals surface area contributed by atoms with Crippen molar-refractivity contribution in [3.8, 4) is 5.82 Å². The number of nitrogens with zero attached hydrogens (tertiary/aromatic N) is 7. The molecular formula is C19H21N7O. The second-order valence-electron chi connectivity index (χ2n) is 6.54. The molecule has 1 aliphatic rings. The summed E-state index contributed by atoms with van der Waals surface area (Å²) in [6.45, 7) is 6.64. The quantitative estimate of drug-likeness (QED) is 0.704. The molecule has 0 unspecified atom stereocenters. The number of aryl methyl sites for hydroxylation is 1. The zero-order valence-corrected chi connectivity index (χ0v) is 15.4. The first kappa shape index (κ1) is 17.1. The third-order valence-electron chi connectivity index (χ3n) is 4.79. The fourth-order valence-corrected chi connectivity index (χ4v) is 3.25. The number of pyridine rings is 1. The van der Waals surface area contributed by atoms with E-state index in [4.69, 9.17) is 0 Å². The molecule has 8 heteroatoms. The van der Waals surface area contributed by atoms with Crippen LogP contribution in [0.25, 0.3) is 5.82 Å². The van der Waals surface area contributed by atoms with Crippen LogP contribution in [-0.4, -0.2) is 61.7 Å². The van der Waals surface area contributed by atoms with E-state index in [0.717, 1.165) is 30.3 Å². The number of aromatic nitrogens is 5. The van der Waals surface area contributed by atoms with Crippen LogP contribution >= 0.6 is 0 Å². The molecule has 0 saturated carbocycles. The summed E-state index contributed by atoms with van der Waals surface area (Å²) in [5, 5.41) is 4.35. The van der Waals surface area contributed by atoms with Crippen molar-refractivity contribution in [2.75, 3.05) is 31.1 Å². The van der Waals surface area contributed by atoms with Crippen molar-refractivity contribution >= 4 is 11.7 Å². The number of carbonyl (C=O) groups excluding carboxylic acids is 1. The Kier molecular flexibility index (Phi) is 4.53. The van der Waals surface area contributed by atoms with Gasteiger partial charge in [0.2, 0.25) is 0 Å². The third kappa shape index (κ3) is 3.38. The van der Waals surface area contributed by atoms with Gasteiger partial charge in [-0.1, -0.05) is 6.07 Å². The lowest BCUT2D eigenvalue weighted by atomic mass is 10.2. The largest absolute Gasteiger partial charge is 0.353 e. The standard InChI is InChI=1S/C19H21N7O/c1-14-11-18(22-13-21-14)24-7-9-25(10-8-24)19(27)16-12-23-26(15(16)2)17-5-3-4-6-20-17/h3-6,11-13H,7-10H2,1-2H3. The molecule has 27 heavy (non-hydrogen) atoms. The highest BCUT2D eigenvalue weighted by molar-refractivity contribution is 5.95. The maximum absolute atomic E-state index is 13.0. The van der Waals surface area contributed by atoms with Gasteiger partial charge in [0.25, 0.3) is 5.91 Å². The van der Waals surface area contributed by atoms with Gasteiger partial charge < -0.3 is 9.80 Å². The predicted octanol–water partition coefficient (Wildman–Crippen LogP) is 1.64. The molecule has 0 aliphatic carbocycles. The summed E-state index contributed by atoms with van der Waals surface area (Å²) in [6.07, 6.45) is 4.93. The Labute approximate surface area is 157 Å². The predicted molar refractivity (Wildman–Crippen MR) is 101 cm³/mol. The van der Waals surface area contributed by atoms with E-state index in [1.807, 2.05) is 43.0 Å². The van der Waals surface area contributed by atoms with E-state index >= 15 is 0 Å². The minimum atomic E-state index is 0.00759. The molecule has 8 nitrogen and oxygen atoms in total. The molecular weight excluding hydrogens is 342 g/mol. The van der Waals surface area contributed by atoms with Gasteiger partial charge in [0, 0.05) is 44.1 Å². The van der Waals surface area contributed by atoms with Crippen LogP contribution in [0.1, 0.15) is 21.7 Å². The fourth-order valence-electron chi connectivity index (χ4n) is 3.25. The van der Waals surface area contributed by atoms with Crippen LogP contribution in [0.2, 0.25) is 0 Å². The van der Waals surface area contributed by atoms with Gasteiger partial charge in [-0.15, -0.1) is 0 Å². The second-order valence-corrected chi connectivity index (χ2v) is 6.54. The average Bonchev–Trinajstić information content (AvgIpc) is 3.09. The van der Waals surface area contributed by atoms with Gasteiger partial charge in [-0.2, -0.15) is 5.10 Å². The van der Waals surface area contributed by atoms with Gasteiger partial charge in [-0.05, 0) is 26.0 Å². The first-order valence-electron chi connectivity index (χ1n) is 8.92. The molecule has 0 N–H and O–H groups in total. The van der Waals surface area contributed by atoms with Gasteiger partial charge in [-0.3, -0.25) is 4.79 Å². The molecule has 0 radical (unpaired) electrons. The molecule has 0 bridgehead atoms. The van der Waals surface area contributed by atoms with Crippen molar-refractivity contribution in [3.63, 3.8) is 0 Å². The Balaban J connectivity index is 1.46. The summed E-state index contributed by atoms with van der Waals surface area (Å²) in [5.74, 6) is 1.62. The first-order chi connectivity index (χ1) is 13.1. The van der Waals surface area contributed by atoms with Crippen molar-refractivity contribution in [3.05, 3.63) is 59.9 Å². The number of piperazine rings is 1. The minimum Gasteiger partial charge on any atom is -0.353 e. The summed E-state index contributed by atoms with van der Waals surface area (Å²) in [4.78, 5) is 29.8. The maximum atomic E-state index is 13.0. The molecule has 0 atom stereocenters. The number of anilines is 1. The van der Waals surface area contributed by atoms with E-state index < -0.39 is 0 Å². The zero-order valence-electron chi connectivity index (χ0n) is 15.4. The molecule has 1 fully saturated rings. The van der Waals surface area contributed by atoms with Crippen LogP contribution in [0.15, 0.2) is 43.0 Å². The van der Waals surface area contributed by atoms with Gasteiger partial charge in [0.1, 0.15) is 12.1 Å². The van der Waals surface area contributed by atoms with Crippen molar-refractivity contribution in [1.82, 2.24) is 29.6 Å². The van der Waals surface area contributed by atoms with Gasteiger partial charge in [-0.25, -0.2) is 19.6 Å². The van der Waals surface area contributed by atoms with Crippen LogP contribution in [0, 0.1) is 13.8 Å². The van der Waals surface area contributed by atoms with Crippen molar-refractivity contribution < 1.29 is 4.79 Å². The Hall–Kier alpha value is -3.29. The summed E-state index contributed by atoms with van der Waals surface area (Å²) < 4.78 is 1.70. The zero-order chi connectivity index (χ0) is 18.8. The van der Waals surface area contributed by atoms with Crippen LogP contribution in [0.5, 0.6) is 0 Å². The first-order valence-corrected chi connectivity index (χ1v) is 8.92. The molecule has 0 aromatic carbocycles. The normalized spacial score (nSPS) is 14.4. The van der Waals surface area contributed by atoms with E-state index in [2.05, 4.69) is 25.0 Å². The van der Waals surface area contributed by atoms with Crippen molar-refractivity contribution in [2.24, 2.45) is 0 Å². The van der Waals surface area contributed by atoms with E-state index in [9.17, 15) is 4.79 Å². The molecule has 4 heterocycles. The summed E-state index contributed by atoms with van der Waals surface area (Å²) >= 11 is 0. The SMILES string of the molecule is Cc1cc(N2CCN(C(=O)c3cnn(-c4ccccn4)c3C)CC2)ncn1. The van der Waals surface area contributed by atoms with Crippen LogP contribution in [-0.2, 0) is 0 Å². The van der Waals surface area contributed by atoms with Gasteiger partial charge in [0.15, 0.2) is 5.82 Å². The van der Waals surface area contributed by atoms with Gasteiger partial charge in [0.05, 0.1) is 17.5 Å². The highest BCUT2D eigenvalue weighted by Crippen LogP contribution is 2.18. The Morgan fingerprint density at radius 2 is 1.81 bits per heavy atom. The number of rotatable bonds is 3. The van der Waals surface area contributed by atoms with E-state index in [0.29, 0.717) is 24.5 Å². The number of hydrogen-bond acceptors (Lipinski definition) is 6. The third-order valence-corrected chi connectivity index (χ3v) is 4.79. The van der Waals surface area contributed by atoms with E-state index in [1.165, 1.54) is 0 Å². The van der Waals surface area contributed by atoms with Crippen LogP contribution in [0.3, 0.4) is 0 Å². The molecule has 138 valence electrons. The van der Waals surface area contributed by atoms with E-state index in [1.54, 1.807) is 23.4 Å². The van der Waals surface area contributed by atoms with Crippen molar-refractivity contribution in [2.45, 2.75) is 13.8 Å². The maximum Gasteiger partial charge on any atom is 0.257 e. The second kappa shape index (κ2) is 7.14. The highest BCUT2D eigenvalue weighted by atomic mass is 16.2. The smallest absolute Gasteiger partial charge is 0.257 e. The average molecular weight is 363 g/mol. The summed E-state index contributed by atoms with van der Waals surface area (Å²) in [5.41, 5.74) is 2.36. The molecule has 0 spiro atoms. The summed E-state index contributed by atoms with van der Waals surface area (Å²) in [6, 6.07) is 7.60. The monoisotopic (exact) mass is 363 g/mol. The number of amides is 1. The molecule has 1 aliphatic heterocycles. The van der Waals surface area contributed by atoms with E-state index in [-0.39, 0.29) is 5.91 Å². The molecule has 3 aromatic heterocycles. The Morgan fingerprint density at radius 1 is 1.00 bits per heavy atom. The fraction of sp³-hybridized carbons (Fsp3) is 0.316. The highest BCUT2D eigenvalue weighted by Gasteiger charge is 2.25. The van der Waals surface area contributed by atoms with Crippen molar-refractivity contribution in [1.29, 1.82) is 0 Å². The van der Waals surface area contributed by atoms with Crippen LogP contribution < -0.4 is 4.90 Å². The minimum absolute atomic E-state index is 0.00759. The lowest BCUT2D eigenvalue weighted by Crippen LogP contribution is -2.49. The summed E-state index contributed by atoms with van der Waals surface area (Å²) in [7, 11) is 0. The Morgan fingerprint density at radius 3 is 2.52 bits per heavy atom. The molecule has 1 amide bonds. The topological polar surface area (TPSA) is 80.0 Å². The molecule has 1 saturated heterocycles.